The first-order valence-electron chi connectivity index (χ1n) is 9.88. The van der Waals surface area contributed by atoms with Gasteiger partial charge in [-0.3, -0.25) is 14.4 Å². The van der Waals surface area contributed by atoms with Gasteiger partial charge >= 0.3 is 6.43 Å². The number of amides is 3. The van der Waals surface area contributed by atoms with Gasteiger partial charge < -0.3 is 15.5 Å². The molecular weight excluding hydrogens is 430 g/mol. The molecule has 3 rings (SSSR count). The summed E-state index contributed by atoms with van der Waals surface area (Å²) in [5.41, 5.74) is 1.24. The van der Waals surface area contributed by atoms with Crippen LogP contribution in [0.2, 0.25) is 0 Å². The first kappa shape index (κ1) is 23.2. The normalized spacial score (nSPS) is 15.1. The molecule has 1 aliphatic rings. The average Bonchev–Trinajstić information content (AvgIpc) is 3.04. The zero-order chi connectivity index (χ0) is 23.4. The van der Waals surface area contributed by atoms with Crippen molar-refractivity contribution in [2.45, 2.75) is 32.4 Å². The third-order valence-corrected chi connectivity index (χ3v) is 5.08. The number of hydrogen-bond acceptors (Lipinski definition) is 3. The van der Waals surface area contributed by atoms with E-state index < -0.39 is 41.8 Å². The third kappa shape index (κ3) is 4.90. The van der Waals surface area contributed by atoms with Crippen molar-refractivity contribution in [3.8, 4) is 0 Å². The van der Waals surface area contributed by atoms with Gasteiger partial charge in [-0.25, -0.2) is 8.78 Å². The molecule has 0 bridgehead atoms. The summed E-state index contributed by atoms with van der Waals surface area (Å²) in [5, 5.41) is 4.64. The maximum absolute atomic E-state index is 14.6. The molecule has 2 aromatic rings. The zero-order valence-corrected chi connectivity index (χ0v) is 17.1. The topological polar surface area (TPSA) is 78.5 Å². The smallest absolute Gasteiger partial charge is 0.315 e. The summed E-state index contributed by atoms with van der Waals surface area (Å²) in [5.74, 6) is -5.34. The second-order valence-corrected chi connectivity index (χ2v) is 7.38. The van der Waals surface area contributed by atoms with Gasteiger partial charge in [-0.1, -0.05) is 29.8 Å². The van der Waals surface area contributed by atoms with Crippen LogP contribution in [0, 0.1) is 18.6 Å². The Morgan fingerprint density at radius 2 is 1.88 bits per heavy atom. The minimum absolute atomic E-state index is 0.0317. The lowest BCUT2D eigenvalue weighted by atomic mass is 10.0. The Morgan fingerprint density at radius 3 is 2.56 bits per heavy atom. The van der Waals surface area contributed by atoms with Gasteiger partial charge in [0.15, 0.2) is 11.6 Å². The fourth-order valence-corrected chi connectivity index (χ4v) is 3.60. The SMILES string of the molecule is Cc1cccc(CNC(=O)C2c3c(ccc(F)c3F)C(=O)N2CCCNC(=O)C(F)F)c1. The molecule has 0 aliphatic carbocycles. The highest BCUT2D eigenvalue weighted by Gasteiger charge is 2.43. The van der Waals surface area contributed by atoms with Crippen molar-refractivity contribution < 1.29 is 31.9 Å². The molecular formula is C22H21F4N3O3. The Kier molecular flexibility index (Phi) is 7.12. The van der Waals surface area contributed by atoms with Crippen molar-refractivity contribution in [1.29, 1.82) is 0 Å². The van der Waals surface area contributed by atoms with E-state index in [-0.39, 0.29) is 37.2 Å². The van der Waals surface area contributed by atoms with Crippen LogP contribution in [0.1, 0.15) is 39.5 Å². The Labute approximate surface area is 181 Å². The number of nitrogens with one attached hydrogen (secondary N) is 2. The molecule has 32 heavy (non-hydrogen) atoms. The van der Waals surface area contributed by atoms with E-state index in [9.17, 15) is 31.9 Å². The van der Waals surface area contributed by atoms with Crippen LogP contribution in [0.3, 0.4) is 0 Å². The second kappa shape index (κ2) is 9.80. The number of rotatable bonds is 8. The minimum Gasteiger partial charge on any atom is -0.351 e. The second-order valence-electron chi connectivity index (χ2n) is 7.38. The summed E-state index contributed by atoms with van der Waals surface area (Å²) in [6, 6.07) is 7.80. The van der Waals surface area contributed by atoms with Crippen LogP contribution in [0.25, 0.3) is 0 Å². The summed E-state index contributed by atoms with van der Waals surface area (Å²) in [6.07, 6.45) is -3.14. The third-order valence-electron chi connectivity index (χ3n) is 5.08. The van der Waals surface area contributed by atoms with Crippen LogP contribution in [0.4, 0.5) is 17.6 Å². The molecule has 0 radical (unpaired) electrons. The predicted molar refractivity (Wildman–Crippen MR) is 107 cm³/mol. The summed E-state index contributed by atoms with van der Waals surface area (Å²) < 4.78 is 53.0. The number of aryl methyl sites for hydroxylation is 1. The fraction of sp³-hybridized carbons (Fsp3) is 0.318. The van der Waals surface area contributed by atoms with Crippen LogP contribution < -0.4 is 10.6 Å². The summed E-state index contributed by atoms with van der Waals surface area (Å²) in [7, 11) is 0. The molecule has 3 amide bonds. The van der Waals surface area contributed by atoms with E-state index in [1.807, 2.05) is 24.4 Å². The van der Waals surface area contributed by atoms with Crippen LogP contribution in [0.5, 0.6) is 0 Å². The van der Waals surface area contributed by atoms with E-state index in [2.05, 4.69) is 5.32 Å². The molecule has 1 aliphatic heterocycles. The first-order valence-corrected chi connectivity index (χ1v) is 9.88. The van der Waals surface area contributed by atoms with Gasteiger partial charge in [0.05, 0.1) is 0 Å². The maximum Gasteiger partial charge on any atom is 0.315 e. The van der Waals surface area contributed by atoms with E-state index in [0.29, 0.717) is 0 Å². The van der Waals surface area contributed by atoms with Gasteiger partial charge in [-0.2, -0.15) is 8.78 Å². The molecule has 6 nitrogen and oxygen atoms in total. The molecule has 10 heteroatoms. The summed E-state index contributed by atoms with van der Waals surface area (Å²) in [6.45, 7) is 1.66. The van der Waals surface area contributed by atoms with Crippen LogP contribution >= 0.6 is 0 Å². The molecule has 0 saturated carbocycles. The average molecular weight is 451 g/mol. The van der Waals surface area contributed by atoms with E-state index in [0.717, 1.165) is 28.2 Å². The molecule has 170 valence electrons. The molecule has 2 aromatic carbocycles. The van der Waals surface area contributed by atoms with Gasteiger partial charge in [0.2, 0.25) is 5.91 Å². The summed E-state index contributed by atoms with van der Waals surface area (Å²) >= 11 is 0. The molecule has 1 unspecified atom stereocenters. The molecule has 0 saturated heterocycles. The van der Waals surface area contributed by atoms with Gasteiger partial charge in [0.25, 0.3) is 11.8 Å². The van der Waals surface area contributed by atoms with E-state index in [4.69, 9.17) is 0 Å². The van der Waals surface area contributed by atoms with Crippen molar-refractivity contribution in [3.05, 3.63) is 70.3 Å². The Morgan fingerprint density at radius 1 is 1.12 bits per heavy atom. The lowest BCUT2D eigenvalue weighted by molar-refractivity contribution is -0.131. The van der Waals surface area contributed by atoms with Crippen molar-refractivity contribution >= 4 is 17.7 Å². The van der Waals surface area contributed by atoms with Gasteiger partial charge in [-0.15, -0.1) is 0 Å². The number of hydrogen-bond donors (Lipinski definition) is 2. The summed E-state index contributed by atoms with van der Waals surface area (Å²) in [4.78, 5) is 37.8. The van der Waals surface area contributed by atoms with Gasteiger partial charge in [0.1, 0.15) is 6.04 Å². The Balaban J connectivity index is 1.78. The minimum atomic E-state index is -3.18. The van der Waals surface area contributed by atoms with E-state index in [1.54, 1.807) is 12.1 Å². The standard InChI is InChI=1S/C22H21F4N3O3/c1-12-4-2-5-13(10-12)11-28-20(30)18-16-14(6-7-15(23)17(16)24)22(32)29(18)9-3-8-27-21(31)19(25)26/h2,4-7,10,18-19H,3,8-9,11H2,1H3,(H,27,31)(H,28,30). The highest BCUT2D eigenvalue weighted by atomic mass is 19.3. The number of carbonyl (C=O) groups excluding carboxylic acids is 3. The zero-order valence-electron chi connectivity index (χ0n) is 17.1. The number of carbonyl (C=O) groups is 3. The van der Waals surface area contributed by atoms with Crippen molar-refractivity contribution in [2.24, 2.45) is 0 Å². The Bertz CT molecular complexity index is 1050. The largest absolute Gasteiger partial charge is 0.351 e. The lowest BCUT2D eigenvalue weighted by Gasteiger charge is -2.25. The molecule has 2 N–H and O–H groups in total. The number of alkyl halides is 2. The van der Waals surface area contributed by atoms with Gasteiger partial charge in [-0.05, 0) is 31.0 Å². The van der Waals surface area contributed by atoms with Crippen molar-refractivity contribution in [3.63, 3.8) is 0 Å². The number of halogens is 4. The molecule has 1 atom stereocenters. The fourth-order valence-electron chi connectivity index (χ4n) is 3.60. The predicted octanol–water partition coefficient (Wildman–Crippen LogP) is 2.86. The highest BCUT2D eigenvalue weighted by molar-refractivity contribution is 6.04. The Hall–Kier alpha value is -3.43. The molecule has 0 spiro atoms. The van der Waals surface area contributed by atoms with E-state index in [1.165, 1.54) is 0 Å². The highest BCUT2D eigenvalue weighted by Crippen LogP contribution is 2.36. The van der Waals surface area contributed by atoms with Crippen molar-refractivity contribution in [2.75, 3.05) is 13.1 Å². The molecule has 1 heterocycles. The van der Waals surface area contributed by atoms with Crippen LogP contribution in [0.15, 0.2) is 36.4 Å². The monoisotopic (exact) mass is 451 g/mol. The number of fused-ring (bicyclic) bond motifs is 1. The number of nitrogens with zero attached hydrogens (tertiary/aromatic N) is 1. The van der Waals surface area contributed by atoms with E-state index >= 15 is 0 Å². The van der Waals surface area contributed by atoms with Gasteiger partial charge in [0, 0.05) is 30.8 Å². The van der Waals surface area contributed by atoms with Crippen molar-refractivity contribution in [1.82, 2.24) is 15.5 Å². The maximum atomic E-state index is 14.6. The lowest BCUT2D eigenvalue weighted by Crippen LogP contribution is -2.40. The molecule has 0 fully saturated rings. The quantitative estimate of drug-likeness (QED) is 0.479. The van der Waals surface area contributed by atoms with Crippen LogP contribution in [-0.2, 0) is 16.1 Å². The first-order chi connectivity index (χ1) is 15.2. The van der Waals surface area contributed by atoms with Crippen LogP contribution in [-0.4, -0.2) is 42.1 Å². The number of benzene rings is 2. The molecule has 0 aromatic heterocycles.